The fourth-order valence-electron chi connectivity index (χ4n) is 3.98. The normalized spacial score (nSPS) is 19.1. The van der Waals surface area contributed by atoms with Gasteiger partial charge in [-0.3, -0.25) is 0 Å². The predicted molar refractivity (Wildman–Crippen MR) is 110 cm³/mol. The first kappa shape index (κ1) is 17.4. The van der Waals surface area contributed by atoms with E-state index in [0.29, 0.717) is 23.3 Å². The zero-order valence-corrected chi connectivity index (χ0v) is 15.5. The number of hydrogen-bond acceptors (Lipinski definition) is 2. The summed E-state index contributed by atoms with van der Waals surface area (Å²) in [6.07, 6.45) is 6.82. The van der Waals surface area contributed by atoms with Crippen LogP contribution in [0.5, 0.6) is 11.5 Å². The molecule has 2 nitrogen and oxygen atoms in total. The molecule has 3 aromatic rings. The molecule has 0 aliphatic heterocycles. The molecular weight excluding hydrogens is 332 g/mol. The van der Waals surface area contributed by atoms with Gasteiger partial charge in [0.15, 0.2) is 0 Å². The molecule has 2 atom stereocenters. The summed E-state index contributed by atoms with van der Waals surface area (Å²) in [5.74, 6) is 1.45. The molecular formula is C25H24O2. The average Bonchev–Trinajstić information content (AvgIpc) is 2.71. The van der Waals surface area contributed by atoms with Gasteiger partial charge in [0.25, 0.3) is 0 Å². The second kappa shape index (κ2) is 7.32. The highest BCUT2D eigenvalue weighted by atomic mass is 16.3. The van der Waals surface area contributed by atoms with Crippen LogP contribution in [0.25, 0.3) is 11.1 Å². The minimum absolute atomic E-state index is 0.314. The van der Waals surface area contributed by atoms with Crippen LogP contribution in [-0.2, 0) is 0 Å². The van der Waals surface area contributed by atoms with Crippen LogP contribution in [0.3, 0.4) is 0 Å². The molecule has 3 aromatic carbocycles. The highest BCUT2D eigenvalue weighted by molar-refractivity contribution is 5.70. The van der Waals surface area contributed by atoms with Crippen molar-refractivity contribution < 1.29 is 10.2 Å². The molecule has 0 saturated carbocycles. The first-order valence-corrected chi connectivity index (χ1v) is 9.48. The number of phenols is 2. The standard InChI is InChI=1S/C25H24O2/c1-17-16-21(12-15-25(17)27)24-5-3-2-4-23(24)20-8-6-18(7-9-20)19-10-13-22(26)14-11-19/h2-6,8,10-16,18,20,26-27H,7,9H2,1H3. The first-order chi connectivity index (χ1) is 13.1. The average molecular weight is 356 g/mol. The largest absolute Gasteiger partial charge is 0.508 e. The van der Waals surface area contributed by atoms with Gasteiger partial charge in [-0.05, 0) is 71.8 Å². The highest BCUT2D eigenvalue weighted by Crippen LogP contribution is 2.39. The summed E-state index contributed by atoms with van der Waals surface area (Å²) in [5, 5.41) is 19.3. The van der Waals surface area contributed by atoms with Crippen LogP contribution in [0.2, 0.25) is 0 Å². The van der Waals surface area contributed by atoms with E-state index in [4.69, 9.17) is 0 Å². The van der Waals surface area contributed by atoms with Crippen molar-refractivity contribution in [2.45, 2.75) is 31.6 Å². The van der Waals surface area contributed by atoms with Crippen LogP contribution < -0.4 is 0 Å². The van der Waals surface area contributed by atoms with E-state index in [-0.39, 0.29) is 0 Å². The summed E-state index contributed by atoms with van der Waals surface area (Å²) in [6, 6.07) is 21.9. The van der Waals surface area contributed by atoms with E-state index in [1.807, 2.05) is 25.1 Å². The van der Waals surface area contributed by atoms with E-state index >= 15 is 0 Å². The first-order valence-electron chi connectivity index (χ1n) is 9.48. The van der Waals surface area contributed by atoms with Gasteiger partial charge in [0.2, 0.25) is 0 Å². The molecule has 2 unspecified atom stereocenters. The van der Waals surface area contributed by atoms with Crippen molar-refractivity contribution in [3.8, 4) is 22.6 Å². The van der Waals surface area contributed by atoms with E-state index in [1.54, 1.807) is 18.2 Å². The number of allylic oxidation sites excluding steroid dienone is 2. The quantitative estimate of drug-likeness (QED) is 0.541. The Balaban J connectivity index is 1.62. The van der Waals surface area contributed by atoms with Crippen LogP contribution in [0.15, 0.2) is 78.9 Å². The summed E-state index contributed by atoms with van der Waals surface area (Å²) in [4.78, 5) is 0. The Morgan fingerprint density at radius 2 is 1.48 bits per heavy atom. The highest BCUT2D eigenvalue weighted by Gasteiger charge is 2.21. The lowest BCUT2D eigenvalue weighted by atomic mass is 9.79. The van der Waals surface area contributed by atoms with Gasteiger partial charge in [-0.25, -0.2) is 0 Å². The van der Waals surface area contributed by atoms with Crippen molar-refractivity contribution in [1.82, 2.24) is 0 Å². The monoisotopic (exact) mass is 356 g/mol. The zero-order chi connectivity index (χ0) is 18.8. The molecule has 0 bridgehead atoms. The Hall–Kier alpha value is -3.00. The summed E-state index contributed by atoms with van der Waals surface area (Å²) < 4.78 is 0. The fourth-order valence-corrected chi connectivity index (χ4v) is 3.98. The van der Waals surface area contributed by atoms with Crippen LogP contribution in [-0.4, -0.2) is 10.2 Å². The molecule has 0 spiro atoms. The summed E-state index contributed by atoms with van der Waals surface area (Å²) in [5.41, 5.74) is 5.87. The molecule has 2 heteroatoms. The SMILES string of the molecule is Cc1cc(-c2ccccc2C2C=CC(c3ccc(O)cc3)CC2)ccc1O. The van der Waals surface area contributed by atoms with Crippen molar-refractivity contribution in [3.63, 3.8) is 0 Å². The maximum atomic E-state index is 9.84. The van der Waals surface area contributed by atoms with Crippen molar-refractivity contribution in [2.24, 2.45) is 0 Å². The minimum atomic E-state index is 0.314. The van der Waals surface area contributed by atoms with Crippen LogP contribution in [0.4, 0.5) is 0 Å². The Morgan fingerprint density at radius 1 is 0.778 bits per heavy atom. The molecule has 1 aliphatic rings. The van der Waals surface area contributed by atoms with Gasteiger partial charge < -0.3 is 10.2 Å². The number of rotatable bonds is 3. The van der Waals surface area contributed by atoms with Gasteiger partial charge in [0, 0.05) is 11.8 Å². The van der Waals surface area contributed by atoms with Crippen LogP contribution >= 0.6 is 0 Å². The Labute approximate surface area is 160 Å². The van der Waals surface area contributed by atoms with Crippen LogP contribution in [0, 0.1) is 6.92 Å². The van der Waals surface area contributed by atoms with E-state index in [0.717, 1.165) is 24.0 Å². The summed E-state index contributed by atoms with van der Waals surface area (Å²) >= 11 is 0. The predicted octanol–water partition coefficient (Wildman–Crippen LogP) is 6.29. The maximum Gasteiger partial charge on any atom is 0.118 e. The molecule has 136 valence electrons. The van der Waals surface area contributed by atoms with Gasteiger partial charge in [0.05, 0.1) is 0 Å². The van der Waals surface area contributed by atoms with Gasteiger partial charge >= 0.3 is 0 Å². The Bertz CT molecular complexity index is 970. The third-order valence-corrected chi connectivity index (χ3v) is 5.55. The second-order valence-corrected chi connectivity index (χ2v) is 7.36. The number of aryl methyl sites for hydroxylation is 1. The van der Waals surface area contributed by atoms with Gasteiger partial charge in [-0.2, -0.15) is 0 Å². The molecule has 4 rings (SSSR count). The number of phenolic OH excluding ortho intramolecular Hbond substituents is 2. The van der Waals surface area contributed by atoms with Crippen molar-refractivity contribution in [1.29, 1.82) is 0 Å². The zero-order valence-electron chi connectivity index (χ0n) is 15.5. The van der Waals surface area contributed by atoms with Gasteiger partial charge in [-0.15, -0.1) is 0 Å². The third-order valence-electron chi connectivity index (χ3n) is 5.55. The molecule has 1 aliphatic carbocycles. The molecule has 27 heavy (non-hydrogen) atoms. The smallest absolute Gasteiger partial charge is 0.118 e. The molecule has 0 aromatic heterocycles. The molecule has 0 amide bonds. The van der Waals surface area contributed by atoms with E-state index in [2.05, 4.69) is 42.5 Å². The lowest BCUT2D eigenvalue weighted by Gasteiger charge is -2.25. The summed E-state index contributed by atoms with van der Waals surface area (Å²) in [6.45, 7) is 1.93. The lowest BCUT2D eigenvalue weighted by molar-refractivity contribution is 0.471. The topological polar surface area (TPSA) is 40.5 Å². The number of aromatic hydroxyl groups is 2. The molecule has 0 fully saturated rings. The molecule has 0 saturated heterocycles. The molecule has 0 radical (unpaired) electrons. The lowest BCUT2D eigenvalue weighted by Crippen LogP contribution is -2.07. The van der Waals surface area contributed by atoms with E-state index in [9.17, 15) is 10.2 Å². The minimum Gasteiger partial charge on any atom is -0.508 e. The molecule has 0 heterocycles. The third kappa shape index (κ3) is 3.61. The second-order valence-electron chi connectivity index (χ2n) is 7.36. The van der Waals surface area contributed by atoms with Crippen molar-refractivity contribution in [2.75, 3.05) is 0 Å². The van der Waals surface area contributed by atoms with Crippen LogP contribution in [0.1, 0.15) is 41.4 Å². The van der Waals surface area contributed by atoms with Gasteiger partial charge in [-0.1, -0.05) is 54.6 Å². The van der Waals surface area contributed by atoms with Crippen molar-refractivity contribution >= 4 is 0 Å². The number of benzene rings is 3. The van der Waals surface area contributed by atoms with Gasteiger partial charge in [0.1, 0.15) is 11.5 Å². The van der Waals surface area contributed by atoms with E-state index < -0.39 is 0 Å². The Morgan fingerprint density at radius 3 is 2.19 bits per heavy atom. The fraction of sp³-hybridized carbons (Fsp3) is 0.200. The van der Waals surface area contributed by atoms with Crippen molar-refractivity contribution in [3.05, 3.63) is 95.6 Å². The Kier molecular flexibility index (Phi) is 4.72. The maximum absolute atomic E-state index is 9.84. The summed E-state index contributed by atoms with van der Waals surface area (Å²) in [7, 11) is 0. The molecule has 2 N–H and O–H groups in total. The number of hydrogen-bond donors (Lipinski definition) is 2. The van der Waals surface area contributed by atoms with E-state index in [1.165, 1.54) is 16.7 Å².